The molecule has 1 aromatic rings. The summed E-state index contributed by atoms with van der Waals surface area (Å²) in [6.07, 6.45) is 0.117. The first-order valence-electron chi connectivity index (χ1n) is 8.14. The van der Waals surface area contributed by atoms with E-state index in [2.05, 4.69) is 15.8 Å². The van der Waals surface area contributed by atoms with E-state index in [1.807, 2.05) is 0 Å². The minimum absolute atomic E-state index is 0.0722. The molecule has 26 heavy (non-hydrogen) atoms. The van der Waals surface area contributed by atoms with E-state index < -0.39 is 18.1 Å². The van der Waals surface area contributed by atoms with Gasteiger partial charge in [0.15, 0.2) is 7.98 Å². The molecule has 135 valence electrons. The molecule has 0 fully saturated rings. The molecule has 3 atom stereocenters. The van der Waals surface area contributed by atoms with Crippen molar-refractivity contribution in [2.75, 3.05) is 14.2 Å². The number of methoxy groups -OCH3 is 2. The topological polar surface area (TPSA) is 88.7 Å². The van der Waals surface area contributed by atoms with Crippen LogP contribution in [0, 0.1) is 0 Å². The van der Waals surface area contributed by atoms with Gasteiger partial charge < -0.3 is 25.2 Å². The fourth-order valence-corrected chi connectivity index (χ4v) is 2.48. The molecule has 0 saturated carbocycles. The minimum atomic E-state index is -0.716. The second-order valence-corrected chi connectivity index (χ2v) is 5.88. The van der Waals surface area contributed by atoms with Crippen LogP contribution in [-0.4, -0.2) is 61.0 Å². The van der Waals surface area contributed by atoms with Crippen LogP contribution in [0.4, 0.5) is 0 Å². The van der Waals surface area contributed by atoms with Gasteiger partial charge >= 0.3 is 0 Å². The molecule has 0 heterocycles. The summed E-state index contributed by atoms with van der Waals surface area (Å²) in [4.78, 5) is 24.4. The Labute approximate surface area is 158 Å². The van der Waals surface area contributed by atoms with Crippen molar-refractivity contribution in [3.05, 3.63) is 23.8 Å². The highest BCUT2D eigenvalue weighted by atomic mass is 16.5. The Balaban J connectivity index is 3.13. The predicted octanol–water partition coefficient (Wildman–Crippen LogP) is -0.437. The first kappa shape index (κ1) is 22.1. The number of carbonyl (C=O) groups excluding carboxylic acids is 2. The average Bonchev–Trinajstić information content (AvgIpc) is 2.63. The molecule has 0 aliphatic heterocycles. The molecule has 1 rings (SSSR count). The van der Waals surface area contributed by atoms with E-state index in [1.54, 1.807) is 25.1 Å². The Bertz CT molecular complexity index is 596. The van der Waals surface area contributed by atoms with Crippen molar-refractivity contribution in [1.29, 1.82) is 0 Å². The summed E-state index contributed by atoms with van der Waals surface area (Å²) in [5.41, 5.74) is 0.689. The van der Waals surface area contributed by atoms with Crippen LogP contribution in [0.3, 0.4) is 0 Å². The third-order valence-electron chi connectivity index (χ3n) is 3.91. The van der Waals surface area contributed by atoms with Crippen LogP contribution in [0.15, 0.2) is 18.2 Å². The van der Waals surface area contributed by atoms with Crippen molar-refractivity contribution >= 4 is 34.7 Å². The van der Waals surface area contributed by atoms with Crippen LogP contribution in [0.1, 0.15) is 31.9 Å². The van der Waals surface area contributed by atoms with Gasteiger partial charge in [-0.25, -0.2) is 0 Å². The Morgan fingerprint density at radius 1 is 1.19 bits per heavy atom. The van der Waals surface area contributed by atoms with E-state index >= 15 is 0 Å². The number of ketones is 1. The van der Waals surface area contributed by atoms with E-state index in [9.17, 15) is 9.59 Å². The Morgan fingerprint density at radius 3 is 2.19 bits per heavy atom. The lowest BCUT2D eigenvalue weighted by Crippen LogP contribution is -2.56. The Hall–Kier alpha value is -1.93. The van der Waals surface area contributed by atoms with Crippen LogP contribution in [0.2, 0.25) is 0 Å². The van der Waals surface area contributed by atoms with Crippen LogP contribution in [-0.2, 0) is 9.59 Å². The van der Waals surface area contributed by atoms with E-state index in [0.29, 0.717) is 17.1 Å². The van der Waals surface area contributed by atoms with Crippen molar-refractivity contribution in [2.45, 2.75) is 38.4 Å². The highest BCUT2D eigenvalue weighted by Gasteiger charge is 2.26. The number of amides is 1. The summed E-state index contributed by atoms with van der Waals surface area (Å²) in [6, 6.07) is 3.54. The van der Waals surface area contributed by atoms with Gasteiger partial charge in [-0.15, -0.1) is 0 Å². The molecule has 0 aliphatic carbocycles. The molecule has 5 radical (unpaired) electrons. The van der Waals surface area contributed by atoms with Crippen LogP contribution < -0.4 is 25.2 Å². The maximum Gasteiger partial charge on any atom is 0.238 e. The average molecular weight is 354 g/mol. The molecule has 0 bridgehead atoms. The monoisotopic (exact) mass is 354 g/mol. The summed E-state index contributed by atoms with van der Waals surface area (Å²) in [6.45, 7) is 3.19. The number of Topliss-reactive ketones (excluding diaryl/α,β-unsaturated/α-hetero) is 1. The fourth-order valence-electron chi connectivity index (χ4n) is 2.48. The number of nitrogens with one attached hydrogen (secondary N) is 3. The maximum absolute atomic E-state index is 12.7. The SMILES string of the molecule is [B][B]N[C@H](C(=O)N[C@@H](CC(C)=O)c1cc(OC)cc(OC)c1)[C@H](C)N[B]. The van der Waals surface area contributed by atoms with E-state index in [0.717, 1.165) is 0 Å². The van der Waals surface area contributed by atoms with Gasteiger partial charge in [-0.3, -0.25) is 9.59 Å². The first-order chi connectivity index (χ1) is 12.4. The second-order valence-electron chi connectivity index (χ2n) is 5.88. The Kier molecular flexibility index (Phi) is 9.30. The van der Waals surface area contributed by atoms with Gasteiger partial charge in [-0.1, -0.05) is 0 Å². The second kappa shape index (κ2) is 10.9. The zero-order valence-corrected chi connectivity index (χ0v) is 15.5. The first-order valence-corrected chi connectivity index (χ1v) is 8.14. The molecule has 0 unspecified atom stereocenters. The lowest BCUT2D eigenvalue weighted by molar-refractivity contribution is -0.124. The van der Waals surface area contributed by atoms with Crippen LogP contribution in [0.5, 0.6) is 11.5 Å². The van der Waals surface area contributed by atoms with Crippen LogP contribution in [0.25, 0.3) is 0 Å². The smallest absolute Gasteiger partial charge is 0.238 e. The summed E-state index contributed by atoms with van der Waals surface area (Å²) < 4.78 is 10.5. The summed E-state index contributed by atoms with van der Waals surface area (Å²) in [5, 5.41) is 8.13. The van der Waals surface area contributed by atoms with Gasteiger partial charge in [0.1, 0.15) is 24.6 Å². The van der Waals surface area contributed by atoms with Crippen LogP contribution >= 0.6 is 0 Å². The number of ether oxygens (including phenoxy) is 2. The van der Waals surface area contributed by atoms with Crippen molar-refractivity contribution in [3.63, 3.8) is 0 Å². The van der Waals surface area contributed by atoms with Crippen molar-refractivity contribution < 1.29 is 19.1 Å². The van der Waals surface area contributed by atoms with E-state index in [1.165, 1.54) is 28.4 Å². The van der Waals surface area contributed by atoms with Crippen molar-refractivity contribution in [2.24, 2.45) is 0 Å². The zero-order valence-electron chi connectivity index (χ0n) is 15.5. The normalized spacial score (nSPS) is 14.0. The summed E-state index contributed by atoms with van der Waals surface area (Å²) >= 11 is 0. The lowest BCUT2D eigenvalue weighted by Gasteiger charge is -2.27. The number of benzene rings is 1. The van der Waals surface area contributed by atoms with Crippen molar-refractivity contribution in [1.82, 2.24) is 15.8 Å². The van der Waals surface area contributed by atoms with Crippen molar-refractivity contribution in [3.8, 4) is 11.5 Å². The Morgan fingerprint density at radius 2 is 1.77 bits per heavy atom. The third-order valence-corrected chi connectivity index (χ3v) is 3.91. The van der Waals surface area contributed by atoms with E-state index in [-0.39, 0.29) is 18.1 Å². The highest BCUT2D eigenvalue weighted by Crippen LogP contribution is 2.28. The predicted molar refractivity (Wildman–Crippen MR) is 103 cm³/mol. The van der Waals surface area contributed by atoms with Gasteiger partial charge in [0.2, 0.25) is 5.91 Å². The number of rotatable bonds is 11. The molecule has 3 N–H and O–H groups in total. The molecule has 1 aromatic carbocycles. The molecule has 7 nitrogen and oxygen atoms in total. The molecular weight excluding hydrogens is 331 g/mol. The quantitative estimate of drug-likeness (QED) is 0.468. The van der Waals surface area contributed by atoms with Gasteiger partial charge in [0.05, 0.1) is 26.3 Å². The van der Waals surface area contributed by atoms with Gasteiger partial charge in [0, 0.05) is 26.3 Å². The molecule has 0 aliphatic rings. The zero-order chi connectivity index (χ0) is 19.7. The third kappa shape index (κ3) is 6.42. The number of hydrogen-bond donors (Lipinski definition) is 3. The molecule has 0 spiro atoms. The molecular formula is C16H23B3N3O4. The number of carbonyl (C=O) groups is 2. The molecule has 0 saturated heterocycles. The minimum Gasteiger partial charge on any atom is -0.497 e. The standard InChI is InChI=1S/C16H23B3N3O4/c1-9(23)5-14(11-6-12(25-3)8-13(7-11)26-4)20-16(24)15(22-19-17)10(2)21-18/h6-8,10,14-15,21-22H,5H2,1-4H3,(H,20,24)/t10-,14-,15-/m0/s1. The van der Waals surface area contributed by atoms with Gasteiger partial charge in [0.25, 0.3) is 0 Å². The highest BCUT2D eigenvalue weighted by molar-refractivity contribution is 6.87. The molecule has 10 heteroatoms. The maximum atomic E-state index is 12.7. The largest absolute Gasteiger partial charge is 0.497 e. The van der Waals surface area contributed by atoms with Gasteiger partial charge in [-0.05, 0) is 31.5 Å². The fraction of sp³-hybridized carbons (Fsp3) is 0.500. The molecule has 0 aromatic heterocycles. The molecule has 1 amide bonds. The lowest BCUT2D eigenvalue weighted by atomic mass is 9.66. The summed E-state index contributed by atoms with van der Waals surface area (Å²) in [5.74, 6) is 0.690. The number of hydrogen-bond acceptors (Lipinski definition) is 6. The van der Waals surface area contributed by atoms with E-state index in [4.69, 9.17) is 25.2 Å². The summed E-state index contributed by atoms with van der Waals surface area (Å²) in [7, 11) is 15.0. The van der Waals surface area contributed by atoms with Gasteiger partial charge in [-0.2, -0.15) is 0 Å².